The summed E-state index contributed by atoms with van der Waals surface area (Å²) in [4.78, 5) is 73.1. The number of imidazole rings is 1. The number of alkyl carbamates (subject to hydrolysis) is 1. The van der Waals surface area contributed by atoms with E-state index in [4.69, 9.17) is 55.5 Å². The molecule has 0 saturated carbocycles. The van der Waals surface area contributed by atoms with Crippen LogP contribution in [-0.2, 0) is 65.5 Å². The lowest BCUT2D eigenvalue weighted by molar-refractivity contribution is -0.134. The molecule has 4 amide bonds. The van der Waals surface area contributed by atoms with Gasteiger partial charge in [-0.15, -0.1) is 0 Å². The number of nitrogens with zero attached hydrogens (tertiary/aromatic N) is 3. The fourth-order valence-electron chi connectivity index (χ4n) is 6.79. The minimum absolute atomic E-state index is 0.0670. The van der Waals surface area contributed by atoms with Crippen LogP contribution in [0.1, 0.15) is 66.1 Å². The van der Waals surface area contributed by atoms with Gasteiger partial charge in [0.1, 0.15) is 36.8 Å². The fraction of sp³-hybridized carbons (Fsp3) is 0.659. The van der Waals surface area contributed by atoms with Gasteiger partial charge in [-0.2, -0.15) is 0 Å². The molecule has 0 spiro atoms. The summed E-state index contributed by atoms with van der Waals surface area (Å²) in [6.45, 7) is 12.5. The summed E-state index contributed by atoms with van der Waals surface area (Å²) in [6.07, 6.45) is 0.940. The number of Topliss-reactive ketones (excluding diaryl/α,β-unsaturated/α-hetero) is 1. The molecule has 0 saturated heterocycles. The molecule has 66 heavy (non-hydrogen) atoms. The maximum atomic E-state index is 13.6. The molecular formula is C44H72N10O12. The van der Waals surface area contributed by atoms with E-state index in [0.29, 0.717) is 82.3 Å². The number of hydrogen-bond acceptors (Lipinski definition) is 17. The molecule has 10 N–H and O–H groups in total. The SMILES string of the molecule is CCOCc1nc2c(N)nc3ccccc3c2n1CC(C)(C)OC(=O)NCCNC(=O)[C@H](CCCCN)CC(=O)[C@@H](NC(=O)COCCOCCOCCOCCOCC(=O)NN)C(C)C. The van der Waals surface area contributed by atoms with Crippen LogP contribution in [0.5, 0.6) is 0 Å². The van der Waals surface area contributed by atoms with Crippen LogP contribution in [0.25, 0.3) is 21.9 Å². The fourth-order valence-corrected chi connectivity index (χ4v) is 6.79. The minimum atomic E-state index is -1.01. The highest BCUT2D eigenvalue weighted by atomic mass is 16.6. The van der Waals surface area contributed by atoms with E-state index in [-0.39, 0.29) is 89.1 Å². The summed E-state index contributed by atoms with van der Waals surface area (Å²) in [5.74, 6) is 3.42. The van der Waals surface area contributed by atoms with Crippen molar-refractivity contribution in [3.8, 4) is 0 Å². The molecule has 2 heterocycles. The largest absolute Gasteiger partial charge is 0.442 e. The van der Waals surface area contributed by atoms with E-state index >= 15 is 0 Å². The number of anilines is 1. The highest BCUT2D eigenvalue weighted by molar-refractivity contribution is 6.06. The average Bonchev–Trinajstić information content (AvgIpc) is 3.64. The Labute approximate surface area is 386 Å². The number of nitrogens with one attached hydrogen (secondary N) is 4. The molecule has 22 heteroatoms. The second-order valence-corrected chi connectivity index (χ2v) is 16.3. The molecule has 3 aromatic rings. The standard InChI is InChI=1S/C44H72N10O12/c1-6-60-26-35-51-39-40(32-12-7-8-13-33(32)50-41(39)46)54(35)29-44(4,5)66-43(59)49-16-15-48-42(58)31(11-9-10-14-45)25-34(55)38(30(2)3)52-36(56)27-64-23-21-62-19-17-61-18-20-63-22-24-65-28-37(57)53-47/h7-8,12-13,30-31,38H,6,9-11,14-29,45,47H2,1-5H3,(H2,46,50)(H,48,58)(H,49,59)(H,52,56)(H,53,57)/t31-,38+/m1/s1. The van der Waals surface area contributed by atoms with Gasteiger partial charge in [-0.3, -0.25) is 24.6 Å². The molecular weight excluding hydrogens is 861 g/mol. The van der Waals surface area contributed by atoms with Crippen LogP contribution in [0.3, 0.4) is 0 Å². The molecule has 22 nitrogen and oxygen atoms in total. The Balaban J connectivity index is 1.41. The van der Waals surface area contributed by atoms with Crippen molar-refractivity contribution in [3.05, 3.63) is 30.1 Å². The maximum absolute atomic E-state index is 13.6. The summed E-state index contributed by atoms with van der Waals surface area (Å²) in [5.41, 5.74) is 15.0. The number of pyridine rings is 1. The number of amides is 4. The van der Waals surface area contributed by atoms with Gasteiger partial charge in [0.15, 0.2) is 11.6 Å². The second-order valence-electron chi connectivity index (χ2n) is 16.3. The van der Waals surface area contributed by atoms with Crippen LogP contribution >= 0.6 is 0 Å². The van der Waals surface area contributed by atoms with E-state index in [1.807, 2.05) is 55.0 Å². The number of carbonyl (C=O) groups excluding carboxylic acids is 5. The zero-order valence-corrected chi connectivity index (χ0v) is 39.2. The summed E-state index contributed by atoms with van der Waals surface area (Å²) in [5, 5.41) is 9.15. The van der Waals surface area contributed by atoms with Gasteiger partial charge < -0.3 is 65.1 Å². The van der Waals surface area contributed by atoms with Crippen LogP contribution in [0.4, 0.5) is 10.6 Å². The zero-order chi connectivity index (χ0) is 48.3. The van der Waals surface area contributed by atoms with Crippen molar-refractivity contribution in [1.29, 1.82) is 0 Å². The summed E-state index contributed by atoms with van der Waals surface area (Å²) in [6, 6.07) is 6.77. The Morgan fingerprint density at radius 3 is 2.02 bits per heavy atom. The van der Waals surface area contributed by atoms with Gasteiger partial charge in [0.05, 0.1) is 76.5 Å². The van der Waals surface area contributed by atoms with Crippen molar-refractivity contribution in [2.24, 2.45) is 23.4 Å². The number of hydrogen-bond donors (Lipinski definition) is 7. The van der Waals surface area contributed by atoms with Gasteiger partial charge in [-0.25, -0.2) is 20.6 Å². The van der Waals surface area contributed by atoms with E-state index in [0.717, 1.165) is 10.9 Å². The van der Waals surface area contributed by atoms with E-state index in [1.165, 1.54) is 0 Å². The lowest BCUT2D eigenvalue weighted by atomic mass is 9.89. The van der Waals surface area contributed by atoms with Gasteiger partial charge in [-0.05, 0) is 52.1 Å². The summed E-state index contributed by atoms with van der Waals surface area (Å²) in [7, 11) is 0. The summed E-state index contributed by atoms with van der Waals surface area (Å²) < 4.78 is 40.3. The molecule has 2 atom stereocenters. The molecule has 370 valence electrons. The Morgan fingerprint density at radius 1 is 0.803 bits per heavy atom. The van der Waals surface area contributed by atoms with Crippen LogP contribution in [0.2, 0.25) is 0 Å². The van der Waals surface area contributed by atoms with E-state index in [9.17, 15) is 24.0 Å². The lowest BCUT2D eigenvalue weighted by Gasteiger charge is -2.27. The molecule has 2 aromatic heterocycles. The Hall–Kier alpha value is -5.07. The quantitative estimate of drug-likeness (QED) is 0.0189. The number of nitrogens with two attached hydrogens (primary N) is 3. The second kappa shape index (κ2) is 30.3. The normalized spacial score (nSPS) is 12.6. The molecule has 0 unspecified atom stereocenters. The number of unbranched alkanes of at least 4 members (excludes halogenated alkanes) is 1. The van der Waals surface area contributed by atoms with E-state index < -0.39 is 35.5 Å². The Morgan fingerprint density at radius 2 is 1.41 bits per heavy atom. The van der Waals surface area contributed by atoms with Crippen molar-refractivity contribution in [2.75, 3.05) is 98.0 Å². The number of fused-ring (bicyclic) bond motifs is 3. The molecule has 0 aliphatic carbocycles. The highest BCUT2D eigenvalue weighted by Gasteiger charge is 2.30. The molecule has 0 radical (unpaired) electrons. The Kier molecular flexibility index (Phi) is 25.3. The average molecular weight is 933 g/mol. The van der Waals surface area contributed by atoms with Crippen molar-refractivity contribution >= 4 is 57.4 Å². The molecule has 0 aliphatic heterocycles. The van der Waals surface area contributed by atoms with Crippen molar-refractivity contribution in [1.82, 2.24) is 35.9 Å². The number of ether oxygens (including phenoxy) is 7. The molecule has 0 bridgehead atoms. The molecule has 0 fully saturated rings. The van der Waals surface area contributed by atoms with Crippen LogP contribution < -0.4 is 38.7 Å². The highest BCUT2D eigenvalue weighted by Crippen LogP contribution is 2.31. The molecule has 3 rings (SSSR count). The number of hydrazine groups is 1. The number of carbonyl (C=O) groups is 5. The number of rotatable bonds is 35. The van der Waals surface area contributed by atoms with Gasteiger partial charge in [0.25, 0.3) is 5.91 Å². The third kappa shape index (κ3) is 19.8. The molecule has 0 aliphatic rings. The number of nitrogen functional groups attached to an aromatic ring is 1. The predicted octanol–water partition coefficient (Wildman–Crippen LogP) is 1.24. The first kappa shape index (κ1) is 55.3. The lowest BCUT2D eigenvalue weighted by Crippen LogP contribution is -2.47. The van der Waals surface area contributed by atoms with Crippen molar-refractivity contribution < 1.29 is 57.1 Å². The molecule has 1 aromatic carbocycles. The number of para-hydroxylation sites is 1. The number of benzene rings is 1. The minimum Gasteiger partial charge on any atom is -0.442 e. The van der Waals surface area contributed by atoms with Gasteiger partial charge in [-0.1, -0.05) is 38.5 Å². The van der Waals surface area contributed by atoms with Crippen LogP contribution in [-0.4, -0.2) is 148 Å². The smallest absolute Gasteiger partial charge is 0.407 e. The number of ketones is 1. The zero-order valence-electron chi connectivity index (χ0n) is 39.2. The van der Waals surface area contributed by atoms with Crippen LogP contribution in [0, 0.1) is 11.8 Å². The van der Waals surface area contributed by atoms with Crippen LogP contribution in [0.15, 0.2) is 24.3 Å². The van der Waals surface area contributed by atoms with E-state index in [2.05, 4.69) is 20.9 Å². The number of aromatic nitrogens is 3. The monoisotopic (exact) mass is 933 g/mol. The van der Waals surface area contributed by atoms with Crippen molar-refractivity contribution in [3.63, 3.8) is 0 Å². The first-order chi connectivity index (χ1) is 31.7. The maximum Gasteiger partial charge on any atom is 0.407 e. The third-order valence-corrected chi connectivity index (χ3v) is 10.00. The van der Waals surface area contributed by atoms with Gasteiger partial charge in [0, 0.05) is 37.4 Å². The summed E-state index contributed by atoms with van der Waals surface area (Å²) >= 11 is 0. The Bertz CT molecular complexity index is 1960. The van der Waals surface area contributed by atoms with Crippen molar-refractivity contribution in [2.45, 2.75) is 85.1 Å². The first-order valence-corrected chi connectivity index (χ1v) is 22.5. The van der Waals surface area contributed by atoms with Gasteiger partial charge >= 0.3 is 6.09 Å². The van der Waals surface area contributed by atoms with Gasteiger partial charge in [0.2, 0.25) is 11.8 Å². The predicted molar refractivity (Wildman–Crippen MR) is 246 cm³/mol. The first-order valence-electron chi connectivity index (χ1n) is 22.5. The van der Waals surface area contributed by atoms with E-state index in [1.54, 1.807) is 13.8 Å². The topological polar surface area (TPSA) is 307 Å². The third-order valence-electron chi connectivity index (χ3n) is 10.00.